The van der Waals surface area contributed by atoms with Gasteiger partial charge in [0.2, 0.25) is 11.8 Å². The summed E-state index contributed by atoms with van der Waals surface area (Å²) in [5.41, 5.74) is 1.46. The van der Waals surface area contributed by atoms with Crippen molar-refractivity contribution < 1.29 is 14.3 Å². The smallest absolute Gasteiger partial charge is 0.240 e. The van der Waals surface area contributed by atoms with E-state index in [2.05, 4.69) is 10.6 Å². The Hall–Kier alpha value is -2.82. The molecule has 2 aromatic carbocycles. The van der Waals surface area contributed by atoms with Gasteiger partial charge in [-0.2, -0.15) is 0 Å². The summed E-state index contributed by atoms with van der Waals surface area (Å²) in [5.74, 6) is 0.119. The molecule has 0 radical (unpaired) electrons. The zero-order chi connectivity index (χ0) is 17.2. The molecular formula is C19H20N2O3. The van der Waals surface area contributed by atoms with Gasteiger partial charge in [0.05, 0.1) is 7.11 Å². The van der Waals surface area contributed by atoms with E-state index in [1.165, 1.54) is 0 Å². The zero-order valence-corrected chi connectivity index (χ0v) is 13.8. The van der Waals surface area contributed by atoms with E-state index in [1.807, 2.05) is 31.2 Å². The third-order valence-electron chi connectivity index (χ3n) is 4.26. The molecule has 1 aliphatic rings. The minimum absolute atomic E-state index is 0.258. The van der Waals surface area contributed by atoms with Crippen LogP contribution in [0.2, 0.25) is 0 Å². The number of hydrogen-bond donors (Lipinski definition) is 2. The molecule has 0 aliphatic heterocycles. The average molecular weight is 324 g/mol. The lowest BCUT2D eigenvalue weighted by molar-refractivity contribution is -0.131. The number of anilines is 2. The largest absolute Gasteiger partial charge is 0.497 e. The lowest BCUT2D eigenvalue weighted by atomic mass is 10.0. The Labute approximate surface area is 141 Å². The van der Waals surface area contributed by atoms with Crippen LogP contribution in [0.15, 0.2) is 48.5 Å². The summed E-state index contributed by atoms with van der Waals surface area (Å²) in [6.45, 7) is 1.98. The molecule has 124 valence electrons. The van der Waals surface area contributed by atoms with Gasteiger partial charge in [-0.3, -0.25) is 9.59 Å². The van der Waals surface area contributed by atoms with Gasteiger partial charge in [0.25, 0.3) is 0 Å². The summed E-state index contributed by atoms with van der Waals surface area (Å²) in [6, 6.07) is 14.6. The van der Waals surface area contributed by atoms with Gasteiger partial charge < -0.3 is 15.4 Å². The SMILES string of the molecule is COc1cccc(NC(=O)C2(C(=O)Nc3ccc(C)cc3)CC2)c1. The fourth-order valence-electron chi connectivity index (χ4n) is 2.52. The number of hydrogen-bond acceptors (Lipinski definition) is 3. The number of rotatable bonds is 5. The van der Waals surface area contributed by atoms with E-state index in [1.54, 1.807) is 31.4 Å². The van der Waals surface area contributed by atoms with Gasteiger partial charge >= 0.3 is 0 Å². The number of nitrogens with one attached hydrogen (secondary N) is 2. The van der Waals surface area contributed by atoms with Gasteiger partial charge in [-0.1, -0.05) is 23.8 Å². The van der Waals surface area contributed by atoms with E-state index in [9.17, 15) is 9.59 Å². The number of carbonyl (C=O) groups excluding carboxylic acids is 2. The van der Waals surface area contributed by atoms with Crippen LogP contribution in [-0.4, -0.2) is 18.9 Å². The highest BCUT2D eigenvalue weighted by atomic mass is 16.5. The summed E-state index contributed by atoms with van der Waals surface area (Å²) < 4.78 is 5.14. The highest BCUT2D eigenvalue weighted by Gasteiger charge is 2.56. The van der Waals surface area contributed by atoms with Crippen molar-refractivity contribution in [3.8, 4) is 5.75 Å². The van der Waals surface area contributed by atoms with Crippen molar-refractivity contribution in [1.29, 1.82) is 0 Å². The molecule has 24 heavy (non-hydrogen) atoms. The van der Waals surface area contributed by atoms with Gasteiger partial charge in [0.15, 0.2) is 0 Å². The second kappa shape index (κ2) is 6.35. The minimum Gasteiger partial charge on any atom is -0.497 e. The quantitative estimate of drug-likeness (QED) is 0.829. The first-order valence-electron chi connectivity index (χ1n) is 7.87. The lowest BCUT2D eigenvalue weighted by Gasteiger charge is -2.16. The third-order valence-corrected chi connectivity index (χ3v) is 4.26. The van der Waals surface area contributed by atoms with Crippen LogP contribution in [-0.2, 0) is 9.59 Å². The monoisotopic (exact) mass is 324 g/mol. The summed E-state index contributed by atoms with van der Waals surface area (Å²) in [7, 11) is 1.57. The second-order valence-corrected chi connectivity index (χ2v) is 6.09. The van der Waals surface area contributed by atoms with Crippen LogP contribution in [0.3, 0.4) is 0 Å². The van der Waals surface area contributed by atoms with Gasteiger partial charge in [0, 0.05) is 17.4 Å². The molecule has 1 aliphatic carbocycles. The fourth-order valence-corrected chi connectivity index (χ4v) is 2.52. The molecule has 0 aromatic heterocycles. The summed E-state index contributed by atoms with van der Waals surface area (Å²) in [5, 5.41) is 5.65. The first kappa shape index (κ1) is 16.1. The Bertz CT molecular complexity index is 764. The molecule has 0 unspecified atom stereocenters. The van der Waals surface area contributed by atoms with Crippen LogP contribution in [0.4, 0.5) is 11.4 Å². The predicted octanol–water partition coefficient (Wildman–Crippen LogP) is 3.36. The van der Waals surface area contributed by atoms with E-state index >= 15 is 0 Å². The normalized spacial score (nSPS) is 14.6. The number of aryl methyl sites for hydroxylation is 1. The maximum atomic E-state index is 12.6. The molecule has 1 fully saturated rings. The van der Waals surface area contributed by atoms with Crippen molar-refractivity contribution in [2.24, 2.45) is 5.41 Å². The first-order chi connectivity index (χ1) is 11.5. The molecule has 2 aromatic rings. The van der Waals surface area contributed by atoms with Crippen LogP contribution in [0.25, 0.3) is 0 Å². The molecule has 0 atom stereocenters. The Morgan fingerprint density at radius 3 is 2.17 bits per heavy atom. The van der Waals surface area contributed by atoms with E-state index in [-0.39, 0.29) is 11.8 Å². The topological polar surface area (TPSA) is 67.4 Å². The van der Waals surface area contributed by atoms with Crippen LogP contribution < -0.4 is 15.4 Å². The Balaban J connectivity index is 1.69. The summed E-state index contributed by atoms with van der Waals surface area (Å²) in [6.07, 6.45) is 1.11. The average Bonchev–Trinajstić information content (AvgIpc) is 3.39. The third kappa shape index (κ3) is 3.25. The highest BCUT2D eigenvalue weighted by Crippen LogP contribution is 2.47. The van der Waals surface area contributed by atoms with Crippen molar-refractivity contribution in [1.82, 2.24) is 0 Å². The minimum atomic E-state index is -0.978. The standard InChI is InChI=1S/C19H20N2O3/c1-13-6-8-14(9-7-13)20-17(22)19(10-11-19)18(23)21-15-4-3-5-16(12-15)24-2/h3-9,12H,10-11H2,1-2H3,(H,20,22)(H,21,23). The Kier molecular flexibility index (Phi) is 4.25. The second-order valence-electron chi connectivity index (χ2n) is 6.09. The summed E-state index contributed by atoms with van der Waals surface area (Å²) >= 11 is 0. The van der Waals surface area contributed by atoms with E-state index < -0.39 is 5.41 Å². The molecule has 5 nitrogen and oxygen atoms in total. The highest BCUT2D eigenvalue weighted by molar-refractivity contribution is 6.16. The number of amides is 2. The van der Waals surface area contributed by atoms with Gasteiger partial charge in [-0.05, 0) is 44.0 Å². The van der Waals surface area contributed by atoms with Gasteiger partial charge in [-0.15, -0.1) is 0 Å². The molecule has 3 rings (SSSR count). The number of methoxy groups -OCH3 is 1. The summed E-state index contributed by atoms with van der Waals surface area (Å²) in [4.78, 5) is 25.1. The zero-order valence-electron chi connectivity index (χ0n) is 13.8. The van der Waals surface area contributed by atoms with Crippen molar-refractivity contribution in [3.05, 3.63) is 54.1 Å². The van der Waals surface area contributed by atoms with Crippen molar-refractivity contribution in [2.45, 2.75) is 19.8 Å². The van der Waals surface area contributed by atoms with Gasteiger partial charge in [0.1, 0.15) is 11.2 Å². The first-order valence-corrected chi connectivity index (χ1v) is 7.87. The molecule has 0 bridgehead atoms. The number of carbonyl (C=O) groups is 2. The molecule has 0 saturated heterocycles. The maximum absolute atomic E-state index is 12.6. The number of ether oxygens (including phenoxy) is 1. The van der Waals surface area contributed by atoms with Crippen LogP contribution in [0.1, 0.15) is 18.4 Å². The molecular weight excluding hydrogens is 304 g/mol. The van der Waals surface area contributed by atoms with Crippen LogP contribution in [0, 0.1) is 12.3 Å². The molecule has 5 heteroatoms. The Morgan fingerprint density at radius 1 is 0.958 bits per heavy atom. The molecule has 0 heterocycles. The van der Waals surface area contributed by atoms with E-state index in [0.29, 0.717) is 30.0 Å². The lowest BCUT2D eigenvalue weighted by Crippen LogP contribution is -2.35. The molecule has 0 spiro atoms. The van der Waals surface area contributed by atoms with Crippen LogP contribution >= 0.6 is 0 Å². The van der Waals surface area contributed by atoms with Crippen LogP contribution in [0.5, 0.6) is 5.75 Å². The Morgan fingerprint density at radius 2 is 1.58 bits per heavy atom. The van der Waals surface area contributed by atoms with E-state index in [4.69, 9.17) is 4.74 Å². The van der Waals surface area contributed by atoms with Crippen molar-refractivity contribution in [2.75, 3.05) is 17.7 Å². The predicted molar refractivity (Wildman–Crippen MR) is 93.1 cm³/mol. The maximum Gasteiger partial charge on any atom is 0.240 e. The van der Waals surface area contributed by atoms with E-state index in [0.717, 1.165) is 5.56 Å². The molecule has 2 amide bonds. The molecule has 1 saturated carbocycles. The molecule has 2 N–H and O–H groups in total. The fraction of sp³-hybridized carbons (Fsp3) is 0.263. The number of benzene rings is 2. The van der Waals surface area contributed by atoms with Gasteiger partial charge in [-0.25, -0.2) is 0 Å². The van der Waals surface area contributed by atoms with Crippen molar-refractivity contribution >= 4 is 23.2 Å². The van der Waals surface area contributed by atoms with Crippen molar-refractivity contribution in [3.63, 3.8) is 0 Å².